The number of aromatic nitrogens is 2. The van der Waals surface area contributed by atoms with Crippen molar-refractivity contribution in [2.45, 2.75) is 26.4 Å². The van der Waals surface area contributed by atoms with Crippen molar-refractivity contribution in [3.05, 3.63) is 59.7 Å². The van der Waals surface area contributed by atoms with Crippen LogP contribution in [0.15, 0.2) is 42.7 Å². The van der Waals surface area contributed by atoms with E-state index >= 15 is 0 Å². The number of rotatable bonds is 6. The van der Waals surface area contributed by atoms with Gasteiger partial charge < -0.3 is 10.6 Å². The zero-order valence-corrected chi connectivity index (χ0v) is 12.3. The molecule has 0 aliphatic rings. The van der Waals surface area contributed by atoms with E-state index in [1.54, 1.807) is 12.4 Å². The number of nitrogens with one attached hydrogen (secondary N) is 2. The van der Waals surface area contributed by atoms with Gasteiger partial charge in [0, 0.05) is 25.0 Å². The lowest BCUT2D eigenvalue weighted by molar-refractivity contribution is -0.120. The molecule has 1 unspecified atom stereocenters. The highest BCUT2D eigenvalue weighted by molar-refractivity contribution is 5.78. The van der Waals surface area contributed by atoms with Gasteiger partial charge in [-0.25, -0.2) is 0 Å². The smallest absolute Gasteiger partial charge is 0.234 e. The SMILES string of the molecule is Cc1nccnc1C(C)NCC(=O)NCc1ccccc1. The zero-order chi connectivity index (χ0) is 15.1. The van der Waals surface area contributed by atoms with E-state index in [4.69, 9.17) is 0 Å². The molecule has 2 N–H and O–H groups in total. The van der Waals surface area contributed by atoms with Crippen LogP contribution in [0.4, 0.5) is 0 Å². The van der Waals surface area contributed by atoms with Crippen LogP contribution in [0.25, 0.3) is 0 Å². The lowest BCUT2D eigenvalue weighted by atomic mass is 10.2. The molecular formula is C16H20N4O. The third kappa shape index (κ3) is 4.65. The molecular weight excluding hydrogens is 264 g/mol. The van der Waals surface area contributed by atoms with Gasteiger partial charge in [0.1, 0.15) is 0 Å². The van der Waals surface area contributed by atoms with E-state index in [1.165, 1.54) is 0 Å². The van der Waals surface area contributed by atoms with Gasteiger partial charge in [-0.05, 0) is 19.4 Å². The Hall–Kier alpha value is -2.27. The number of carbonyl (C=O) groups is 1. The van der Waals surface area contributed by atoms with Crippen LogP contribution >= 0.6 is 0 Å². The molecule has 2 aromatic rings. The molecule has 0 radical (unpaired) electrons. The summed E-state index contributed by atoms with van der Waals surface area (Å²) in [5.41, 5.74) is 2.83. The van der Waals surface area contributed by atoms with Crippen molar-refractivity contribution in [2.75, 3.05) is 6.54 Å². The largest absolute Gasteiger partial charge is 0.351 e. The maximum atomic E-state index is 11.8. The van der Waals surface area contributed by atoms with E-state index in [2.05, 4.69) is 20.6 Å². The zero-order valence-electron chi connectivity index (χ0n) is 12.3. The average Bonchev–Trinajstić information content (AvgIpc) is 2.52. The molecule has 110 valence electrons. The molecule has 0 bridgehead atoms. The summed E-state index contributed by atoms with van der Waals surface area (Å²) >= 11 is 0. The fraction of sp³-hybridized carbons (Fsp3) is 0.312. The molecule has 1 atom stereocenters. The quantitative estimate of drug-likeness (QED) is 0.848. The second-order valence-electron chi connectivity index (χ2n) is 4.89. The third-order valence-corrected chi connectivity index (χ3v) is 3.23. The maximum Gasteiger partial charge on any atom is 0.234 e. The molecule has 0 fully saturated rings. The number of hydrogen-bond donors (Lipinski definition) is 2. The van der Waals surface area contributed by atoms with Crippen LogP contribution in [0, 0.1) is 6.92 Å². The van der Waals surface area contributed by atoms with Gasteiger partial charge in [0.2, 0.25) is 5.91 Å². The van der Waals surface area contributed by atoms with Crippen LogP contribution < -0.4 is 10.6 Å². The van der Waals surface area contributed by atoms with E-state index in [1.807, 2.05) is 44.2 Å². The van der Waals surface area contributed by atoms with Crippen molar-refractivity contribution in [2.24, 2.45) is 0 Å². The summed E-state index contributed by atoms with van der Waals surface area (Å²) in [4.78, 5) is 20.3. The first-order valence-corrected chi connectivity index (χ1v) is 6.98. The van der Waals surface area contributed by atoms with Crippen LogP contribution in [0.3, 0.4) is 0 Å². The molecule has 1 aromatic heterocycles. The molecule has 0 spiro atoms. The minimum absolute atomic E-state index is 0.0128. The first-order chi connectivity index (χ1) is 10.2. The van der Waals surface area contributed by atoms with E-state index in [9.17, 15) is 4.79 Å². The Balaban J connectivity index is 1.77. The first-order valence-electron chi connectivity index (χ1n) is 6.98. The van der Waals surface area contributed by atoms with E-state index in [0.717, 1.165) is 17.0 Å². The predicted molar refractivity (Wildman–Crippen MR) is 81.5 cm³/mol. The molecule has 5 heteroatoms. The van der Waals surface area contributed by atoms with Crippen LogP contribution in [-0.2, 0) is 11.3 Å². The van der Waals surface area contributed by atoms with E-state index < -0.39 is 0 Å². The Bertz CT molecular complexity index is 586. The van der Waals surface area contributed by atoms with Gasteiger partial charge in [-0.2, -0.15) is 0 Å². The van der Waals surface area contributed by atoms with Gasteiger partial charge in [-0.1, -0.05) is 30.3 Å². The van der Waals surface area contributed by atoms with Crippen molar-refractivity contribution in [3.63, 3.8) is 0 Å². The minimum Gasteiger partial charge on any atom is -0.351 e. The van der Waals surface area contributed by atoms with Crippen LogP contribution in [0.1, 0.15) is 29.9 Å². The number of amides is 1. The molecule has 1 heterocycles. The van der Waals surface area contributed by atoms with Gasteiger partial charge in [-0.15, -0.1) is 0 Å². The van der Waals surface area contributed by atoms with Crippen molar-refractivity contribution in [1.82, 2.24) is 20.6 Å². The third-order valence-electron chi connectivity index (χ3n) is 3.23. The molecule has 0 saturated heterocycles. The molecule has 0 aliphatic heterocycles. The predicted octanol–water partition coefficient (Wildman–Crippen LogP) is 1.75. The lowest BCUT2D eigenvalue weighted by Crippen LogP contribution is -2.35. The summed E-state index contributed by atoms with van der Waals surface area (Å²) in [5.74, 6) is -0.0350. The molecule has 2 rings (SSSR count). The Morgan fingerprint density at radius 2 is 1.90 bits per heavy atom. The average molecular weight is 284 g/mol. The second-order valence-corrected chi connectivity index (χ2v) is 4.89. The number of nitrogens with zero attached hydrogens (tertiary/aromatic N) is 2. The van der Waals surface area contributed by atoms with Crippen molar-refractivity contribution in [3.8, 4) is 0 Å². The fourth-order valence-electron chi connectivity index (χ4n) is 2.04. The highest BCUT2D eigenvalue weighted by atomic mass is 16.1. The standard InChI is InChI=1S/C16H20N4O/c1-12-16(18-9-8-17-12)13(2)19-11-15(21)20-10-14-6-4-3-5-7-14/h3-9,13,19H,10-11H2,1-2H3,(H,20,21). The Kier molecular flexibility index (Phi) is 5.40. The topological polar surface area (TPSA) is 66.9 Å². The first kappa shape index (κ1) is 15.1. The van der Waals surface area contributed by atoms with Crippen LogP contribution in [0.2, 0.25) is 0 Å². The Morgan fingerprint density at radius 1 is 1.19 bits per heavy atom. The van der Waals surface area contributed by atoms with E-state index in [0.29, 0.717) is 6.54 Å². The van der Waals surface area contributed by atoms with Gasteiger partial charge in [0.15, 0.2) is 0 Å². The van der Waals surface area contributed by atoms with Crippen LogP contribution in [-0.4, -0.2) is 22.4 Å². The van der Waals surface area contributed by atoms with Crippen molar-refractivity contribution < 1.29 is 4.79 Å². The monoisotopic (exact) mass is 284 g/mol. The summed E-state index contributed by atoms with van der Waals surface area (Å²) in [6.45, 7) is 4.68. The fourth-order valence-corrected chi connectivity index (χ4v) is 2.04. The molecule has 5 nitrogen and oxygen atoms in total. The molecule has 1 amide bonds. The van der Waals surface area contributed by atoms with Gasteiger partial charge in [0.25, 0.3) is 0 Å². The lowest BCUT2D eigenvalue weighted by Gasteiger charge is -2.14. The molecule has 0 saturated carbocycles. The normalized spacial score (nSPS) is 11.9. The second kappa shape index (κ2) is 7.50. The number of benzene rings is 1. The highest BCUT2D eigenvalue weighted by Crippen LogP contribution is 2.10. The van der Waals surface area contributed by atoms with Crippen LogP contribution in [0.5, 0.6) is 0 Å². The molecule has 0 aliphatic carbocycles. The number of hydrogen-bond acceptors (Lipinski definition) is 4. The van der Waals surface area contributed by atoms with Crippen molar-refractivity contribution >= 4 is 5.91 Å². The summed E-state index contributed by atoms with van der Waals surface area (Å²) in [6.07, 6.45) is 3.33. The number of aryl methyl sites for hydroxylation is 1. The van der Waals surface area contributed by atoms with Gasteiger partial charge in [0.05, 0.1) is 17.9 Å². The summed E-state index contributed by atoms with van der Waals surface area (Å²) < 4.78 is 0. The van der Waals surface area contributed by atoms with E-state index in [-0.39, 0.29) is 18.5 Å². The highest BCUT2D eigenvalue weighted by Gasteiger charge is 2.11. The van der Waals surface area contributed by atoms with Gasteiger partial charge >= 0.3 is 0 Å². The minimum atomic E-state index is -0.0350. The summed E-state index contributed by atoms with van der Waals surface area (Å²) in [5, 5.41) is 6.04. The maximum absolute atomic E-state index is 11.8. The Morgan fingerprint density at radius 3 is 2.62 bits per heavy atom. The Labute approximate surface area is 124 Å². The molecule has 21 heavy (non-hydrogen) atoms. The van der Waals surface area contributed by atoms with Crippen molar-refractivity contribution in [1.29, 1.82) is 0 Å². The molecule has 1 aromatic carbocycles. The summed E-state index contributed by atoms with van der Waals surface area (Å²) in [7, 11) is 0. The number of carbonyl (C=O) groups excluding carboxylic acids is 1. The summed E-state index contributed by atoms with van der Waals surface area (Å²) in [6, 6.07) is 9.83. The van der Waals surface area contributed by atoms with Gasteiger partial charge in [-0.3, -0.25) is 14.8 Å².